The molecule has 0 radical (unpaired) electrons. The average Bonchev–Trinajstić information content (AvgIpc) is 1.98. The Morgan fingerprint density at radius 2 is 2.38 bits per heavy atom. The Balaban J connectivity index is 2.06. The van der Waals surface area contributed by atoms with Crippen molar-refractivity contribution < 1.29 is 9.90 Å². The maximum absolute atomic E-state index is 11.3. The minimum absolute atomic E-state index is 0.0638. The van der Waals surface area contributed by atoms with Crippen molar-refractivity contribution in [3.05, 3.63) is 0 Å². The molecule has 1 rings (SSSR count). The van der Waals surface area contributed by atoms with Crippen molar-refractivity contribution in [2.24, 2.45) is 5.92 Å². The van der Waals surface area contributed by atoms with Crippen molar-refractivity contribution in [3.8, 4) is 0 Å². The zero-order chi connectivity index (χ0) is 9.68. The molecule has 1 atom stereocenters. The lowest BCUT2D eigenvalue weighted by atomic mass is 10.0. The number of hydrogen-bond donors (Lipinski definition) is 3. The maximum atomic E-state index is 11.3. The van der Waals surface area contributed by atoms with E-state index in [0.29, 0.717) is 6.54 Å². The second-order valence-electron chi connectivity index (χ2n) is 3.54. The standard InChI is InChI=1S/C9H18N2O2/c1-2-3-8(12)6-11-9(13)7-4-10-5-7/h7-8,10,12H,2-6H2,1H3,(H,11,13). The highest BCUT2D eigenvalue weighted by molar-refractivity contribution is 5.79. The molecule has 0 aromatic rings. The number of nitrogens with one attached hydrogen (secondary N) is 2. The van der Waals surface area contributed by atoms with Crippen molar-refractivity contribution in [1.82, 2.24) is 10.6 Å². The van der Waals surface area contributed by atoms with E-state index in [0.717, 1.165) is 25.9 Å². The zero-order valence-corrected chi connectivity index (χ0v) is 8.05. The van der Waals surface area contributed by atoms with Crippen LogP contribution < -0.4 is 10.6 Å². The summed E-state index contributed by atoms with van der Waals surface area (Å²) in [6, 6.07) is 0. The maximum Gasteiger partial charge on any atom is 0.225 e. The van der Waals surface area contributed by atoms with Crippen LogP contribution in [0.2, 0.25) is 0 Å². The highest BCUT2D eigenvalue weighted by Crippen LogP contribution is 2.02. The molecule has 76 valence electrons. The van der Waals surface area contributed by atoms with Crippen LogP contribution in [0.4, 0.5) is 0 Å². The first kappa shape index (κ1) is 10.5. The molecule has 0 saturated carbocycles. The van der Waals surface area contributed by atoms with Crippen molar-refractivity contribution in [1.29, 1.82) is 0 Å². The van der Waals surface area contributed by atoms with E-state index in [9.17, 15) is 9.90 Å². The first-order chi connectivity index (χ1) is 6.24. The monoisotopic (exact) mass is 186 g/mol. The number of aliphatic hydroxyl groups excluding tert-OH is 1. The Kier molecular flexibility index (Phi) is 4.18. The predicted molar refractivity (Wildman–Crippen MR) is 50.3 cm³/mol. The predicted octanol–water partition coefficient (Wildman–Crippen LogP) is -0.517. The van der Waals surface area contributed by atoms with Crippen LogP contribution in [0, 0.1) is 5.92 Å². The molecule has 1 heterocycles. The smallest absolute Gasteiger partial charge is 0.225 e. The average molecular weight is 186 g/mol. The van der Waals surface area contributed by atoms with Crippen LogP contribution in [0.3, 0.4) is 0 Å². The van der Waals surface area contributed by atoms with Crippen LogP contribution in [0.25, 0.3) is 0 Å². The number of carbonyl (C=O) groups excluding carboxylic acids is 1. The van der Waals surface area contributed by atoms with Crippen LogP contribution in [0.5, 0.6) is 0 Å². The van der Waals surface area contributed by atoms with Gasteiger partial charge < -0.3 is 15.7 Å². The molecule has 13 heavy (non-hydrogen) atoms. The fourth-order valence-corrected chi connectivity index (χ4v) is 1.27. The van der Waals surface area contributed by atoms with E-state index in [1.165, 1.54) is 0 Å². The summed E-state index contributed by atoms with van der Waals surface area (Å²) in [5.74, 6) is 0.183. The molecule has 1 unspecified atom stereocenters. The third-order valence-electron chi connectivity index (χ3n) is 2.29. The van der Waals surface area contributed by atoms with Crippen LogP contribution in [0.1, 0.15) is 19.8 Å². The van der Waals surface area contributed by atoms with Gasteiger partial charge in [0.2, 0.25) is 5.91 Å². The summed E-state index contributed by atoms with van der Waals surface area (Å²) in [5, 5.41) is 15.1. The summed E-state index contributed by atoms with van der Waals surface area (Å²) >= 11 is 0. The molecular formula is C9H18N2O2. The fraction of sp³-hybridized carbons (Fsp3) is 0.889. The van der Waals surface area contributed by atoms with Gasteiger partial charge in [-0.25, -0.2) is 0 Å². The molecule has 0 aromatic carbocycles. The summed E-state index contributed by atoms with van der Waals surface area (Å²) in [7, 11) is 0. The minimum Gasteiger partial charge on any atom is -0.391 e. The summed E-state index contributed by atoms with van der Waals surface area (Å²) in [4.78, 5) is 11.3. The van der Waals surface area contributed by atoms with Gasteiger partial charge in [0.05, 0.1) is 12.0 Å². The highest BCUT2D eigenvalue weighted by Gasteiger charge is 2.24. The number of aliphatic hydroxyl groups is 1. The topological polar surface area (TPSA) is 61.4 Å². The van der Waals surface area contributed by atoms with Crippen molar-refractivity contribution in [2.75, 3.05) is 19.6 Å². The first-order valence-electron chi connectivity index (χ1n) is 4.90. The molecular weight excluding hydrogens is 168 g/mol. The SMILES string of the molecule is CCCC(O)CNC(=O)C1CNC1. The van der Waals surface area contributed by atoms with Crippen molar-refractivity contribution in [2.45, 2.75) is 25.9 Å². The van der Waals surface area contributed by atoms with E-state index in [1.54, 1.807) is 0 Å². The van der Waals surface area contributed by atoms with E-state index >= 15 is 0 Å². The fourth-order valence-electron chi connectivity index (χ4n) is 1.27. The summed E-state index contributed by atoms with van der Waals surface area (Å²) in [6.07, 6.45) is 1.31. The van der Waals surface area contributed by atoms with Gasteiger partial charge in [0.1, 0.15) is 0 Å². The van der Waals surface area contributed by atoms with E-state index in [2.05, 4.69) is 10.6 Å². The number of amides is 1. The summed E-state index contributed by atoms with van der Waals surface area (Å²) < 4.78 is 0. The quantitative estimate of drug-likeness (QED) is 0.541. The normalized spacial score (nSPS) is 19.2. The van der Waals surface area contributed by atoms with Gasteiger partial charge >= 0.3 is 0 Å². The van der Waals surface area contributed by atoms with Gasteiger partial charge in [-0.3, -0.25) is 4.79 Å². The number of rotatable bonds is 5. The lowest BCUT2D eigenvalue weighted by Gasteiger charge is -2.26. The molecule has 0 bridgehead atoms. The largest absolute Gasteiger partial charge is 0.391 e. The molecule has 4 nitrogen and oxygen atoms in total. The van der Waals surface area contributed by atoms with E-state index in [-0.39, 0.29) is 17.9 Å². The first-order valence-corrected chi connectivity index (χ1v) is 4.90. The molecule has 0 aliphatic carbocycles. The third kappa shape index (κ3) is 3.32. The van der Waals surface area contributed by atoms with Gasteiger partial charge in [-0.15, -0.1) is 0 Å². The van der Waals surface area contributed by atoms with E-state index in [4.69, 9.17) is 0 Å². The number of hydrogen-bond acceptors (Lipinski definition) is 3. The van der Waals surface area contributed by atoms with Crippen LogP contribution in [0.15, 0.2) is 0 Å². The molecule has 0 aromatic heterocycles. The van der Waals surface area contributed by atoms with Gasteiger partial charge in [0.15, 0.2) is 0 Å². The second-order valence-corrected chi connectivity index (χ2v) is 3.54. The van der Waals surface area contributed by atoms with Gasteiger partial charge in [0, 0.05) is 19.6 Å². The third-order valence-corrected chi connectivity index (χ3v) is 2.29. The van der Waals surface area contributed by atoms with Crippen LogP contribution in [-0.2, 0) is 4.79 Å². The molecule has 3 N–H and O–H groups in total. The number of carbonyl (C=O) groups is 1. The Labute approximate surface area is 78.7 Å². The van der Waals surface area contributed by atoms with Crippen molar-refractivity contribution in [3.63, 3.8) is 0 Å². The molecule has 4 heteroatoms. The van der Waals surface area contributed by atoms with Gasteiger partial charge in [-0.05, 0) is 6.42 Å². The Morgan fingerprint density at radius 1 is 1.69 bits per heavy atom. The zero-order valence-electron chi connectivity index (χ0n) is 8.05. The summed E-state index contributed by atoms with van der Waals surface area (Å²) in [6.45, 7) is 3.95. The lowest BCUT2D eigenvalue weighted by molar-refractivity contribution is -0.126. The second kappa shape index (κ2) is 5.19. The minimum atomic E-state index is -0.387. The summed E-state index contributed by atoms with van der Waals surface area (Å²) in [5.41, 5.74) is 0. The van der Waals surface area contributed by atoms with Crippen LogP contribution >= 0.6 is 0 Å². The van der Waals surface area contributed by atoms with Gasteiger partial charge in [-0.2, -0.15) is 0 Å². The van der Waals surface area contributed by atoms with Gasteiger partial charge in [0.25, 0.3) is 0 Å². The molecule has 1 aliphatic rings. The van der Waals surface area contributed by atoms with E-state index < -0.39 is 0 Å². The van der Waals surface area contributed by atoms with Crippen molar-refractivity contribution >= 4 is 5.91 Å². The Morgan fingerprint density at radius 3 is 2.85 bits per heavy atom. The molecule has 1 fully saturated rings. The van der Waals surface area contributed by atoms with E-state index in [1.807, 2.05) is 6.92 Å². The molecule has 1 saturated heterocycles. The van der Waals surface area contributed by atoms with Gasteiger partial charge in [-0.1, -0.05) is 13.3 Å². The lowest BCUT2D eigenvalue weighted by Crippen LogP contribution is -2.51. The highest BCUT2D eigenvalue weighted by atomic mass is 16.3. The Hall–Kier alpha value is -0.610. The molecule has 1 amide bonds. The molecule has 1 aliphatic heterocycles. The Bertz CT molecular complexity index is 169. The van der Waals surface area contributed by atoms with Crippen LogP contribution in [-0.4, -0.2) is 36.8 Å². The molecule has 0 spiro atoms.